The second-order valence-electron chi connectivity index (χ2n) is 9.96. The van der Waals surface area contributed by atoms with E-state index in [-0.39, 0.29) is 5.56 Å². The van der Waals surface area contributed by atoms with Gasteiger partial charge < -0.3 is 29.1 Å². The van der Waals surface area contributed by atoms with E-state index in [0.717, 1.165) is 0 Å². The number of β-lactam (4-membered cyclic amide) rings is 1. The number of allylic oxidation sites excluding steroid dienone is 1. The summed E-state index contributed by atoms with van der Waals surface area (Å²) in [6.07, 6.45) is 5.70. The number of hydrogen-bond donors (Lipinski definition) is 1. The summed E-state index contributed by atoms with van der Waals surface area (Å²) >= 11 is 1.39. The topological polar surface area (TPSA) is 131 Å². The monoisotopic (exact) mass is 552 g/mol. The quantitative estimate of drug-likeness (QED) is 0.311. The number of hydrogen-bond acceptors (Lipinski definition) is 10. The van der Waals surface area contributed by atoms with Crippen molar-refractivity contribution in [2.24, 2.45) is 0 Å². The van der Waals surface area contributed by atoms with Crippen LogP contribution in [0.5, 0.6) is 0 Å². The number of rotatable bonds is 7. The van der Waals surface area contributed by atoms with E-state index < -0.39 is 52.8 Å². The molecule has 0 bridgehead atoms. The Hall–Kier alpha value is -4.06. The van der Waals surface area contributed by atoms with Gasteiger partial charge >= 0.3 is 11.9 Å². The Labute approximate surface area is 229 Å². The van der Waals surface area contributed by atoms with Crippen molar-refractivity contribution < 1.29 is 33.2 Å². The summed E-state index contributed by atoms with van der Waals surface area (Å²) in [5.74, 6) is -1.82. The summed E-state index contributed by atoms with van der Waals surface area (Å²) in [7, 11) is 1.79. The molecular formula is C27H28N4O7S. The standard InChI is InChI=1S/C27H28N4O7S/c1-15-18(19(29-38-15)16-9-6-5-7-10-16)22(32)28-20-23(33)31-21(27(2,3)39-24(20)31)26(35)37-14-36-25(34)17-11-8-12-30(4)13-17/h5-10,12-13,20-21,24H,11,14H2,1-4H3,(H,28,32)/t20-,21+,24-/m1/s1. The average molecular weight is 553 g/mol. The van der Waals surface area contributed by atoms with Crippen molar-refractivity contribution in [3.63, 3.8) is 0 Å². The Morgan fingerprint density at radius 3 is 2.67 bits per heavy atom. The van der Waals surface area contributed by atoms with Gasteiger partial charge in [-0.25, -0.2) is 9.59 Å². The number of carbonyl (C=O) groups excluding carboxylic acids is 4. The van der Waals surface area contributed by atoms with E-state index in [1.807, 2.05) is 56.5 Å². The highest BCUT2D eigenvalue weighted by Crippen LogP contribution is 2.51. The fourth-order valence-electron chi connectivity index (χ4n) is 4.91. The number of thioether (sulfide) groups is 1. The van der Waals surface area contributed by atoms with Crippen LogP contribution in [0.3, 0.4) is 0 Å². The third-order valence-corrected chi connectivity index (χ3v) is 8.35. The summed E-state index contributed by atoms with van der Waals surface area (Å²) in [6.45, 7) is 4.72. The molecule has 39 heavy (non-hydrogen) atoms. The van der Waals surface area contributed by atoms with Crippen molar-refractivity contribution in [2.75, 3.05) is 13.8 Å². The minimum Gasteiger partial charge on any atom is -0.426 e. The van der Waals surface area contributed by atoms with Gasteiger partial charge in [-0.2, -0.15) is 0 Å². The molecule has 0 radical (unpaired) electrons. The third kappa shape index (κ3) is 4.91. The maximum absolute atomic E-state index is 13.2. The Balaban J connectivity index is 1.22. The molecule has 0 saturated carbocycles. The second-order valence-corrected chi connectivity index (χ2v) is 11.7. The number of aromatic nitrogens is 1. The van der Waals surface area contributed by atoms with Crippen LogP contribution in [0.1, 0.15) is 36.4 Å². The first kappa shape index (κ1) is 26.5. The SMILES string of the molecule is Cc1onc(-c2ccccc2)c1C(=O)N[C@@H]1C(=O)N2[C@@H]1SC(C)(C)[C@@H]2C(=O)OCOC(=O)C1=CN(C)C=CC1. The van der Waals surface area contributed by atoms with Crippen molar-refractivity contribution >= 4 is 35.5 Å². The highest BCUT2D eigenvalue weighted by atomic mass is 32.2. The highest BCUT2D eigenvalue weighted by Gasteiger charge is 2.64. The van der Waals surface area contributed by atoms with Crippen molar-refractivity contribution in [1.82, 2.24) is 20.3 Å². The fourth-order valence-corrected chi connectivity index (χ4v) is 6.53. The first-order chi connectivity index (χ1) is 18.6. The van der Waals surface area contributed by atoms with Gasteiger partial charge in [-0.15, -0.1) is 11.8 Å². The second kappa shape index (κ2) is 10.3. The molecule has 1 aromatic heterocycles. The number of nitrogens with one attached hydrogen (secondary N) is 1. The van der Waals surface area contributed by atoms with Gasteiger partial charge in [0.25, 0.3) is 5.91 Å². The van der Waals surface area contributed by atoms with Crippen LogP contribution in [0.25, 0.3) is 11.3 Å². The lowest BCUT2D eigenvalue weighted by molar-refractivity contribution is -0.175. The number of amides is 2. The Kier molecular flexibility index (Phi) is 6.98. The van der Waals surface area contributed by atoms with E-state index >= 15 is 0 Å². The van der Waals surface area contributed by atoms with Crippen LogP contribution in [0.15, 0.2) is 58.9 Å². The van der Waals surface area contributed by atoms with E-state index in [0.29, 0.717) is 29.0 Å². The lowest BCUT2D eigenvalue weighted by Crippen LogP contribution is -2.70. The molecule has 0 unspecified atom stereocenters. The number of esters is 2. The minimum absolute atomic E-state index is 0.252. The fraction of sp³-hybridized carbons (Fsp3) is 0.370. The van der Waals surface area contributed by atoms with Crippen molar-refractivity contribution in [2.45, 2.75) is 49.4 Å². The van der Waals surface area contributed by atoms with Gasteiger partial charge in [0.15, 0.2) is 0 Å². The molecule has 3 atom stereocenters. The molecule has 2 amide bonds. The molecular weight excluding hydrogens is 524 g/mol. The third-order valence-electron chi connectivity index (χ3n) is 6.78. The molecule has 0 aliphatic carbocycles. The molecule has 1 N–H and O–H groups in total. The van der Waals surface area contributed by atoms with E-state index in [2.05, 4.69) is 10.5 Å². The number of ether oxygens (including phenoxy) is 2. The van der Waals surface area contributed by atoms with Gasteiger partial charge in [0.1, 0.15) is 34.5 Å². The van der Waals surface area contributed by atoms with Crippen LogP contribution < -0.4 is 5.32 Å². The Morgan fingerprint density at radius 1 is 1.21 bits per heavy atom. The van der Waals surface area contributed by atoms with E-state index in [1.165, 1.54) is 16.7 Å². The smallest absolute Gasteiger partial charge is 0.338 e. The number of benzene rings is 1. The predicted octanol–water partition coefficient (Wildman–Crippen LogP) is 2.59. The molecule has 11 nitrogen and oxygen atoms in total. The molecule has 0 spiro atoms. The van der Waals surface area contributed by atoms with Crippen LogP contribution in [0.4, 0.5) is 0 Å². The maximum atomic E-state index is 13.2. The molecule has 1 aromatic carbocycles. The summed E-state index contributed by atoms with van der Waals surface area (Å²) in [5, 5.41) is 6.37. The molecule has 2 fully saturated rings. The van der Waals surface area contributed by atoms with Crippen LogP contribution in [-0.2, 0) is 23.9 Å². The maximum Gasteiger partial charge on any atom is 0.338 e. The molecule has 204 valence electrons. The Morgan fingerprint density at radius 2 is 1.95 bits per heavy atom. The van der Waals surface area contributed by atoms with Crippen LogP contribution in [0, 0.1) is 6.92 Å². The number of carbonyl (C=O) groups is 4. The van der Waals surface area contributed by atoms with Gasteiger partial charge in [-0.3, -0.25) is 9.59 Å². The first-order valence-electron chi connectivity index (χ1n) is 12.3. The predicted molar refractivity (Wildman–Crippen MR) is 141 cm³/mol. The zero-order valence-corrected chi connectivity index (χ0v) is 22.7. The van der Waals surface area contributed by atoms with Gasteiger partial charge in [-0.1, -0.05) is 41.6 Å². The van der Waals surface area contributed by atoms with E-state index in [1.54, 1.807) is 25.1 Å². The minimum atomic E-state index is -0.910. The zero-order valence-electron chi connectivity index (χ0n) is 21.9. The van der Waals surface area contributed by atoms with Crippen LogP contribution >= 0.6 is 11.8 Å². The van der Waals surface area contributed by atoms with E-state index in [9.17, 15) is 19.2 Å². The van der Waals surface area contributed by atoms with Gasteiger partial charge in [0.05, 0.1) is 5.57 Å². The van der Waals surface area contributed by atoms with Gasteiger partial charge in [0.2, 0.25) is 12.7 Å². The summed E-state index contributed by atoms with van der Waals surface area (Å²) in [6, 6.07) is 7.39. The van der Waals surface area contributed by atoms with Crippen LogP contribution in [-0.4, -0.2) is 74.8 Å². The summed E-state index contributed by atoms with van der Waals surface area (Å²) in [5.41, 5.74) is 1.78. The number of aryl methyl sites for hydroxylation is 1. The molecule has 4 heterocycles. The van der Waals surface area contributed by atoms with Crippen molar-refractivity contribution in [3.05, 3.63) is 65.7 Å². The van der Waals surface area contributed by atoms with Gasteiger partial charge in [0, 0.05) is 30.0 Å². The van der Waals surface area contributed by atoms with Gasteiger partial charge in [-0.05, 0) is 27.0 Å². The molecule has 3 aliphatic heterocycles. The van der Waals surface area contributed by atoms with Crippen LogP contribution in [0.2, 0.25) is 0 Å². The molecule has 5 rings (SSSR count). The average Bonchev–Trinajstić information content (AvgIpc) is 3.42. The molecule has 3 aliphatic rings. The normalized spacial score (nSPS) is 23.0. The highest BCUT2D eigenvalue weighted by molar-refractivity contribution is 8.01. The number of nitrogens with zero attached hydrogens (tertiary/aromatic N) is 3. The van der Waals surface area contributed by atoms with Crippen molar-refractivity contribution in [3.8, 4) is 11.3 Å². The Bertz CT molecular complexity index is 1380. The zero-order chi connectivity index (χ0) is 27.9. The lowest BCUT2D eigenvalue weighted by atomic mass is 9.95. The molecule has 2 saturated heterocycles. The van der Waals surface area contributed by atoms with Crippen molar-refractivity contribution in [1.29, 1.82) is 0 Å². The first-order valence-corrected chi connectivity index (χ1v) is 13.2. The lowest BCUT2D eigenvalue weighted by Gasteiger charge is -2.43. The van der Waals surface area contributed by atoms with E-state index in [4.69, 9.17) is 14.0 Å². The largest absolute Gasteiger partial charge is 0.426 e. The molecule has 12 heteroatoms. The summed E-state index contributed by atoms with van der Waals surface area (Å²) in [4.78, 5) is 54.8. The molecule has 2 aromatic rings. The number of fused-ring (bicyclic) bond motifs is 1. The summed E-state index contributed by atoms with van der Waals surface area (Å²) < 4.78 is 14.9.